The fourth-order valence-electron chi connectivity index (χ4n) is 6.01. The predicted molar refractivity (Wildman–Crippen MR) is 155 cm³/mol. The lowest BCUT2D eigenvalue weighted by atomic mass is 9.88. The summed E-state index contributed by atoms with van der Waals surface area (Å²) in [6.45, 7) is 4.94. The molecule has 210 valence electrons. The number of carbonyl (C=O) groups is 1. The monoisotopic (exact) mass is 552 g/mol. The average molecular weight is 553 g/mol. The van der Waals surface area contributed by atoms with Crippen LogP contribution in [0, 0.1) is 0 Å². The quantitative estimate of drug-likeness (QED) is 0.351. The first-order valence-corrected chi connectivity index (χ1v) is 15.8. The Bertz CT molecular complexity index is 1360. The summed E-state index contributed by atoms with van der Waals surface area (Å²) in [4.78, 5) is 17.6. The first-order valence-electron chi connectivity index (χ1n) is 14.2. The van der Waals surface area contributed by atoms with Gasteiger partial charge in [0.2, 0.25) is 15.9 Å². The van der Waals surface area contributed by atoms with Gasteiger partial charge in [-0.05, 0) is 79.1 Å². The molecule has 0 unspecified atom stereocenters. The van der Waals surface area contributed by atoms with Crippen LogP contribution in [0.25, 0.3) is 22.0 Å². The molecule has 0 atom stereocenters. The molecule has 3 heterocycles. The number of piperidine rings is 2. The lowest BCUT2D eigenvalue weighted by molar-refractivity contribution is -0.117. The minimum Gasteiger partial charge on any atom is -0.379 e. The van der Waals surface area contributed by atoms with Crippen molar-refractivity contribution in [3.05, 3.63) is 59.8 Å². The number of aromatic amines is 1. The molecule has 3 N–H and O–H groups in total. The van der Waals surface area contributed by atoms with E-state index >= 15 is 0 Å². The number of carbonyl (C=O) groups excluding carboxylic acids is 1. The highest BCUT2D eigenvalue weighted by Crippen LogP contribution is 2.37. The Morgan fingerprint density at radius 3 is 2.44 bits per heavy atom. The smallest absolute Gasteiger partial charge is 0.221 e. The molecule has 2 aliphatic rings. The Kier molecular flexibility index (Phi) is 9.02. The molecular weight excluding hydrogens is 512 g/mol. The zero-order chi connectivity index (χ0) is 27.2. The number of nitrogens with two attached hydrogens (primary N) is 1. The number of nitrogens with zero attached hydrogens (tertiary/aromatic N) is 2. The summed E-state index contributed by atoms with van der Waals surface area (Å²) in [6, 6.07) is 14.3. The lowest BCUT2D eigenvalue weighted by Gasteiger charge is -2.31. The van der Waals surface area contributed by atoms with E-state index in [1.165, 1.54) is 24.8 Å². The first kappa shape index (κ1) is 27.8. The molecule has 2 saturated heterocycles. The molecule has 0 radical (unpaired) electrons. The van der Waals surface area contributed by atoms with E-state index in [9.17, 15) is 13.2 Å². The summed E-state index contributed by atoms with van der Waals surface area (Å²) in [5.74, 6) is -0.105. The lowest BCUT2D eigenvalue weighted by Crippen LogP contribution is -2.40. The van der Waals surface area contributed by atoms with Gasteiger partial charge in [0.25, 0.3) is 0 Å². The maximum atomic E-state index is 13.0. The van der Waals surface area contributed by atoms with Crippen LogP contribution < -0.4 is 5.73 Å². The van der Waals surface area contributed by atoms with E-state index in [-0.39, 0.29) is 30.6 Å². The van der Waals surface area contributed by atoms with E-state index in [0.717, 1.165) is 60.1 Å². The predicted octanol–water partition coefficient (Wildman–Crippen LogP) is 3.87. The van der Waals surface area contributed by atoms with Crippen LogP contribution in [0.15, 0.2) is 48.7 Å². The first-order chi connectivity index (χ1) is 18.9. The van der Waals surface area contributed by atoms with Crippen molar-refractivity contribution in [2.75, 3.05) is 51.7 Å². The number of sulfonamides is 1. The van der Waals surface area contributed by atoms with Gasteiger partial charge in [-0.2, -0.15) is 0 Å². The van der Waals surface area contributed by atoms with Crippen LogP contribution in [-0.2, 0) is 26.0 Å². The molecule has 2 fully saturated rings. The van der Waals surface area contributed by atoms with Gasteiger partial charge in [0.15, 0.2) is 0 Å². The zero-order valence-electron chi connectivity index (χ0n) is 22.6. The Labute approximate surface area is 231 Å². The number of fused-ring (bicyclic) bond motifs is 1. The molecule has 1 aromatic heterocycles. The van der Waals surface area contributed by atoms with Gasteiger partial charge in [0, 0.05) is 36.7 Å². The van der Waals surface area contributed by atoms with Crippen LogP contribution in [-0.4, -0.2) is 80.2 Å². The number of H-pyrrole nitrogens is 1. The van der Waals surface area contributed by atoms with Gasteiger partial charge in [-0.1, -0.05) is 36.8 Å². The second-order valence-electron chi connectivity index (χ2n) is 10.8. The number of nitrogens with one attached hydrogen (secondary N) is 1. The van der Waals surface area contributed by atoms with Gasteiger partial charge in [-0.25, -0.2) is 12.7 Å². The van der Waals surface area contributed by atoms with E-state index in [4.69, 9.17) is 10.5 Å². The van der Waals surface area contributed by atoms with Crippen LogP contribution in [0.1, 0.15) is 49.1 Å². The van der Waals surface area contributed by atoms with Gasteiger partial charge >= 0.3 is 0 Å². The van der Waals surface area contributed by atoms with Gasteiger partial charge in [-0.3, -0.25) is 4.79 Å². The van der Waals surface area contributed by atoms with Crippen molar-refractivity contribution in [2.24, 2.45) is 5.73 Å². The molecule has 0 saturated carbocycles. The topological polar surface area (TPSA) is 109 Å². The Hall–Kier alpha value is -2.72. The van der Waals surface area contributed by atoms with Crippen molar-refractivity contribution in [1.82, 2.24) is 14.2 Å². The minimum atomic E-state index is -3.35. The Morgan fingerprint density at radius 1 is 0.974 bits per heavy atom. The zero-order valence-corrected chi connectivity index (χ0v) is 23.4. The van der Waals surface area contributed by atoms with Crippen LogP contribution in [0.2, 0.25) is 0 Å². The van der Waals surface area contributed by atoms with Crippen LogP contribution >= 0.6 is 0 Å². The van der Waals surface area contributed by atoms with Crippen molar-refractivity contribution in [3.63, 3.8) is 0 Å². The molecule has 39 heavy (non-hydrogen) atoms. The Morgan fingerprint density at radius 2 is 1.72 bits per heavy atom. The fourth-order valence-corrected chi connectivity index (χ4v) is 7.36. The van der Waals surface area contributed by atoms with Crippen molar-refractivity contribution < 1.29 is 17.9 Å². The summed E-state index contributed by atoms with van der Waals surface area (Å²) < 4.78 is 33.3. The molecule has 0 aliphatic carbocycles. The summed E-state index contributed by atoms with van der Waals surface area (Å²) in [6.07, 6.45) is 7.48. The highest BCUT2D eigenvalue weighted by atomic mass is 32.2. The standard InChI is InChI=1S/C30H40N4O4S/c31-29(35)21-26-19-25(23-7-3-1-4-8-23)20-27-28(22-32-30(26)27)24-9-13-34(14-10-24)39(36,37)18-17-38-16-15-33-11-5-2-6-12-33/h1,3-4,7-8,19-20,22,24,32H,2,5-6,9-18,21H2,(H2,31,35). The Balaban J connectivity index is 1.22. The van der Waals surface area contributed by atoms with Crippen molar-refractivity contribution >= 4 is 26.8 Å². The summed E-state index contributed by atoms with van der Waals surface area (Å²) in [7, 11) is -3.35. The third-order valence-electron chi connectivity index (χ3n) is 8.15. The molecule has 5 rings (SSSR count). The summed E-state index contributed by atoms with van der Waals surface area (Å²) >= 11 is 0. The van der Waals surface area contributed by atoms with Crippen molar-refractivity contribution in [1.29, 1.82) is 0 Å². The van der Waals surface area contributed by atoms with Gasteiger partial charge in [0.05, 0.1) is 25.4 Å². The second-order valence-corrected chi connectivity index (χ2v) is 12.9. The molecule has 3 aromatic rings. The molecule has 0 bridgehead atoms. The van der Waals surface area contributed by atoms with Crippen LogP contribution in [0.4, 0.5) is 0 Å². The molecule has 1 amide bonds. The SMILES string of the molecule is NC(=O)Cc1cc(-c2ccccc2)cc2c(C3CCN(S(=O)(=O)CCOCCN4CCCCC4)CC3)c[nH]c12. The number of hydrogen-bond donors (Lipinski definition) is 2. The fraction of sp³-hybridized carbons (Fsp3) is 0.500. The summed E-state index contributed by atoms with van der Waals surface area (Å²) in [5, 5.41) is 1.08. The van der Waals surface area contributed by atoms with E-state index < -0.39 is 10.0 Å². The van der Waals surface area contributed by atoms with E-state index in [2.05, 4.69) is 28.1 Å². The molecule has 9 heteroatoms. The molecule has 0 spiro atoms. The van der Waals surface area contributed by atoms with Crippen LogP contribution in [0.5, 0.6) is 0 Å². The number of ether oxygens (including phenoxy) is 1. The molecule has 2 aliphatic heterocycles. The second kappa shape index (κ2) is 12.6. The number of aromatic nitrogens is 1. The van der Waals surface area contributed by atoms with E-state index in [1.54, 1.807) is 4.31 Å². The number of amides is 1. The maximum Gasteiger partial charge on any atom is 0.221 e. The van der Waals surface area contributed by atoms with Crippen molar-refractivity contribution in [3.8, 4) is 11.1 Å². The third-order valence-corrected chi connectivity index (χ3v) is 9.98. The number of likely N-dealkylation sites (tertiary alicyclic amines) is 1. The van der Waals surface area contributed by atoms with Gasteiger partial charge in [-0.15, -0.1) is 0 Å². The average Bonchev–Trinajstić information content (AvgIpc) is 3.38. The number of hydrogen-bond acceptors (Lipinski definition) is 5. The number of benzene rings is 2. The molecule has 8 nitrogen and oxygen atoms in total. The van der Waals surface area contributed by atoms with E-state index in [0.29, 0.717) is 19.7 Å². The highest BCUT2D eigenvalue weighted by molar-refractivity contribution is 7.89. The largest absolute Gasteiger partial charge is 0.379 e. The maximum absolute atomic E-state index is 13.0. The van der Waals surface area contributed by atoms with Crippen molar-refractivity contribution in [2.45, 2.75) is 44.4 Å². The highest BCUT2D eigenvalue weighted by Gasteiger charge is 2.30. The molecular formula is C30H40N4O4S. The normalized spacial score (nSPS) is 18.1. The van der Waals surface area contributed by atoms with Gasteiger partial charge in [0.1, 0.15) is 0 Å². The molecule has 2 aromatic carbocycles. The van der Waals surface area contributed by atoms with Crippen LogP contribution in [0.3, 0.4) is 0 Å². The van der Waals surface area contributed by atoms with E-state index in [1.807, 2.05) is 30.5 Å². The summed E-state index contributed by atoms with van der Waals surface area (Å²) in [5.41, 5.74) is 10.7. The minimum absolute atomic E-state index is 0.0294. The number of rotatable bonds is 11. The third kappa shape index (κ3) is 6.90. The number of primary amides is 1. The van der Waals surface area contributed by atoms with Gasteiger partial charge < -0.3 is 20.4 Å².